The molecule has 4 aromatic carbocycles. The van der Waals surface area contributed by atoms with Gasteiger partial charge < -0.3 is 9.47 Å². The van der Waals surface area contributed by atoms with Crippen molar-refractivity contribution >= 4 is 15.7 Å². The zero-order chi connectivity index (χ0) is 33.1. The van der Waals surface area contributed by atoms with Crippen LogP contribution in [0.3, 0.4) is 0 Å². The third kappa shape index (κ3) is 7.94. The van der Waals surface area contributed by atoms with E-state index in [4.69, 9.17) is 4.74 Å². The molecule has 6 nitrogen and oxygen atoms in total. The maximum Gasteiger partial charge on any atom is 0.416 e. The Hall–Kier alpha value is -4.23. The number of nitrogens with zero attached hydrogens (tertiary/aromatic N) is 2. The van der Waals surface area contributed by atoms with Crippen molar-refractivity contribution in [1.29, 1.82) is 0 Å². The van der Waals surface area contributed by atoms with E-state index in [0.29, 0.717) is 6.07 Å². The van der Waals surface area contributed by atoms with Gasteiger partial charge in [0.15, 0.2) is 0 Å². The minimum absolute atomic E-state index is 0.00162. The van der Waals surface area contributed by atoms with Crippen molar-refractivity contribution in [1.82, 2.24) is 4.90 Å². The first-order valence-electron chi connectivity index (χ1n) is 14.3. The van der Waals surface area contributed by atoms with Crippen LogP contribution < -0.4 is 13.8 Å². The van der Waals surface area contributed by atoms with Gasteiger partial charge in [0.05, 0.1) is 22.7 Å². The largest absolute Gasteiger partial charge is 0.489 e. The number of sulfonamides is 1. The third-order valence-electron chi connectivity index (χ3n) is 7.35. The van der Waals surface area contributed by atoms with Gasteiger partial charge in [-0.05, 0) is 65.1 Å². The third-order valence-corrected chi connectivity index (χ3v) is 9.16. The van der Waals surface area contributed by atoms with Crippen LogP contribution in [-0.2, 0) is 22.7 Å². The zero-order valence-corrected chi connectivity index (χ0v) is 25.4. The Labute approximate surface area is 262 Å². The van der Waals surface area contributed by atoms with E-state index in [0.717, 1.165) is 53.2 Å². The van der Waals surface area contributed by atoms with Crippen molar-refractivity contribution in [3.63, 3.8) is 0 Å². The van der Waals surface area contributed by atoms with Crippen LogP contribution in [0.1, 0.15) is 18.1 Å². The van der Waals surface area contributed by atoms with Gasteiger partial charge in [-0.1, -0.05) is 49.4 Å². The van der Waals surface area contributed by atoms with Crippen molar-refractivity contribution in [3.8, 4) is 22.6 Å². The monoisotopic (exact) mass is 664 g/mol. The number of likely N-dealkylation sites (tertiary alicyclic amines) is 1. The molecule has 46 heavy (non-hydrogen) atoms. The number of alkyl halides is 5. The summed E-state index contributed by atoms with van der Waals surface area (Å²) < 4.78 is 115. The molecule has 4 aromatic rings. The molecule has 0 N–H and O–H groups in total. The number of hydrogen-bond acceptors (Lipinski definition) is 5. The molecular formula is C33H30F6N2O4S. The fourth-order valence-corrected chi connectivity index (χ4v) is 6.78. The summed E-state index contributed by atoms with van der Waals surface area (Å²) in [6, 6.07) is 21.1. The molecule has 1 saturated heterocycles. The quantitative estimate of drug-likeness (QED) is 0.189. The number of fused-ring (bicyclic) bond motifs is 1. The molecule has 1 fully saturated rings. The summed E-state index contributed by atoms with van der Waals surface area (Å²) in [6.07, 6.45) is -4.74. The number of rotatable bonds is 7. The predicted molar refractivity (Wildman–Crippen MR) is 161 cm³/mol. The van der Waals surface area contributed by atoms with Crippen LogP contribution in [0, 0.1) is 11.7 Å². The van der Waals surface area contributed by atoms with E-state index in [1.165, 1.54) is 36.9 Å². The highest BCUT2D eigenvalue weighted by Gasteiger charge is 2.35. The molecule has 0 saturated carbocycles. The average Bonchev–Trinajstić information content (AvgIpc) is 2.99. The number of halogens is 6. The van der Waals surface area contributed by atoms with E-state index in [9.17, 15) is 34.8 Å². The fraction of sp³-hybridized carbons (Fsp3) is 0.273. The van der Waals surface area contributed by atoms with Crippen LogP contribution in [0.4, 0.5) is 32.0 Å². The summed E-state index contributed by atoms with van der Waals surface area (Å²) in [5, 5.41) is 0. The number of benzene rings is 4. The van der Waals surface area contributed by atoms with Crippen LogP contribution in [0.15, 0.2) is 95.9 Å². The van der Waals surface area contributed by atoms with E-state index in [2.05, 4.69) is 46.9 Å². The molecule has 2 heterocycles. The van der Waals surface area contributed by atoms with E-state index >= 15 is 0 Å². The van der Waals surface area contributed by atoms with E-state index in [1.54, 1.807) is 0 Å². The number of anilines is 1. The topological polar surface area (TPSA) is 59.1 Å². The molecule has 6 rings (SSSR count). The second-order valence-corrected chi connectivity index (χ2v) is 12.8. The van der Waals surface area contributed by atoms with E-state index < -0.39 is 44.8 Å². The number of hydrogen-bond donors (Lipinski definition) is 0. The molecule has 0 radical (unpaired) electrons. The highest BCUT2D eigenvalue weighted by molar-refractivity contribution is 7.92. The molecule has 2 aliphatic heterocycles. The number of ether oxygens (including phenoxy) is 2. The highest BCUT2D eigenvalue weighted by Crippen LogP contribution is 2.40. The molecule has 244 valence electrons. The lowest BCUT2D eigenvalue weighted by Crippen LogP contribution is -2.44. The summed E-state index contributed by atoms with van der Waals surface area (Å²) in [4.78, 5) is 1.92. The zero-order valence-electron chi connectivity index (χ0n) is 24.6. The summed E-state index contributed by atoms with van der Waals surface area (Å²) >= 11 is 0. The van der Waals surface area contributed by atoms with Crippen molar-refractivity contribution in [2.24, 2.45) is 5.92 Å². The molecule has 0 aliphatic carbocycles. The van der Waals surface area contributed by atoms with Crippen LogP contribution in [0.2, 0.25) is 0 Å². The van der Waals surface area contributed by atoms with Gasteiger partial charge in [0, 0.05) is 25.7 Å². The molecule has 0 bridgehead atoms. The Kier molecular flexibility index (Phi) is 9.82. The Morgan fingerprint density at radius 3 is 2.33 bits per heavy atom. The second-order valence-electron chi connectivity index (χ2n) is 11.0. The molecule has 0 unspecified atom stereocenters. The normalized spacial score (nSPS) is 15.3. The summed E-state index contributed by atoms with van der Waals surface area (Å²) in [5.41, 5.74) is 0.667. The summed E-state index contributed by atoms with van der Waals surface area (Å²) in [5.74, 6) is -0.261. The van der Waals surface area contributed by atoms with Gasteiger partial charge in [-0.25, -0.2) is 12.8 Å². The van der Waals surface area contributed by atoms with Gasteiger partial charge in [0.25, 0.3) is 10.0 Å². The molecule has 0 amide bonds. The average molecular weight is 665 g/mol. The lowest BCUT2D eigenvalue weighted by atomic mass is 10.0. The Bertz CT molecular complexity index is 1760. The summed E-state index contributed by atoms with van der Waals surface area (Å²) in [7, 11) is -4.43. The van der Waals surface area contributed by atoms with Gasteiger partial charge in [-0.15, -0.1) is 0 Å². The predicted octanol–water partition coefficient (Wildman–Crippen LogP) is 7.84. The first-order chi connectivity index (χ1) is 21.8. The van der Waals surface area contributed by atoms with Crippen LogP contribution >= 0.6 is 0 Å². The molecule has 2 aliphatic rings. The molecule has 0 spiro atoms. The first kappa shape index (κ1) is 33.1. The molecule has 13 heteroatoms. The fourth-order valence-electron chi connectivity index (χ4n) is 5.28. The standard InChI is InChI=1S/C22H15F6NO4S.C11H15N/c23-16-8-14(9-17(12-16)33-21(24)25)13-4-5-20-19(10-13)29(6-7-32-20)34(30,31)18-3-1-2-15(11-18)22(26,27)28;1-10-7-12(8-10)9-11-5-3-2-4-6-11/h1-5,8-12,21H,6-7H2;2-6,10H,7-9H2,1H3. The van der Waals surface area contributed by atoms with Crippen LogP contribution in [0.5, 0.6) is 11.5 Å². The van der Waals surface area contributed by atoms with Crippen molar-refractivity contribution in [2.45, 2.75) is 31.2 Å². The summed E-state index contributed by atoms with van der Waals surface area (Å²) in [6.45, 7) is 2.55. The minimum atomic E-state index is -4.74. The highest BCUT2D eigenvalue weighted by atomic mass is 32.2. The SMILES string of the molecule is CC1CN(Cc2ccccc2)C1.O=S(=O)(c1cccc(C(F)(F)F)c1)N1CCOc2ccc(-c3cc(F)cc(OC(F)F)c3)cc21. The van der Waals surface area contributed by atoms with E-state index in [1.807, 2.05) is 0 Å². The first-order valence-corrected chi connectivity index (χ1v) is 15.7. The van der Waals surface area contributed by atoms with Crippen molar-refractivity contribution in [2.75, 3.05) is 30.5 Å². The Morgan fingerprint density at radius 1 is 0.913 bits per heavy atom. The van der Waals surface area contributed by atoms with E-state index in [-0.39, 0.29) is 35.7 Å². The van der Waals surface area contributed by atoms with Gasteiger partial charge in [0.1, 0.15) is 23.9 Å². The maximum atomic E-state index is 14.0. The van der Waals surface area contributed by atoms with Crippen LogP contribution in [-0.4, -0.2) is 46.2 Å². The maximum absolute atomic E-state index is 14.0. The van der Waals surface area contributed by atoms with Gasteiger partial charge in [0.2, 0.25) is 0 Å². The van der Waals surface area contributed by atoms with Crippen LogP contribution in [0.25, 0.3) is 11.1 Å². The lowest BCUT2D eigenvalue weighted by Gasteiger charge is -2.37. The minimum Gasteiger partial charge on any atom is -0.489 e. The second kappa shape index (κ2) is 13.6. The molecule has 0 aromatic heterocycles. The van der Waals surface area contributed by atoms with Crippen molar-refractivity contribution < 1.29 is 44.2 Å². The van der Waals surface area contributed by atoms with Crippen molar-refractivity contribution in [3.05, 3.63) is 108 Å². The van der Waals surface area contributed by atoms with Gasteiger partial charge >= 0.3 is 12.8 Å². The smallest absolute Gasteiger partial charge is 0.416 e. The molecule has 0 atom stereocenters. The lowest BCUT2D eigenvalue weighted by molar-refractivity contribution is -0.137. The van der Waals surface area contributed by atoms with Gasteiger partial charge in [-0.2, -0.15) is 22.0 Å². The molecular weight excluding hydrogens is 634 g/mol. The Balaban J connectivity index is 0.000000289. The van der Waals surface area contributed by atoms with Gasteiger partial charge in [-0.3, -0.25) is 9.21 Å². The Morgan fingerprint density at radius 2 is 1.65 bits per heavy atom.